The van der Waals surface area contributed by atoms with Gasteiger partial charge in [-0.05, 0) is 30.0 Å². The van der Waals surface area contributed by atoms with E-state index in [9.17, 15) is 9.59 Å². The summed E-state index contributed by atoms with van der Waals surface area (Å²) < 4.78 is 0. The van der Waals surface area contributed by atoms with Crippen molar-refractivity contribution in [3.63, 3.8) is 0 Å². The number of rotatable bonds is 6. The molecule has 134 valence electrons. The van der Waals surface area contributed by atoms with Crippen molar-refractivity contribution in [2.24, 2.45) is 0 Å². The molecule has 2 amide bonds. The summed E-state index contributed by atoms with van der Waals surface area (Å²) in [5, 5.41) is 10.4. The number of carbonyl (C=O) groups is 2. The van der Waals surface area contributed by atoms with E-state index in [1.165, 1.54) is 22.7 Å². The van der Waals surface area contributed by atoms with Gasteiger partial charge in [0.2, 0.25) is 5.91 Å². The number of hydrogen-bond donors (Lipinski definition) is 2. The summed E-state index contributed by atoms with van der Waals surface area (Å²) >= 11 is 8.81. The average molecular weight is 406 g/mol. The van der Waals surface area contributed by atoms with E-state index in [1.807, 2.05) is 36.6 Å². The number of benzene rings is 1. The van der Waals surface area contributed by atoms with Gasteiger partial charge >= 0.3 is 0 Å². The monoisotopic (exact) mass is 405 g/mol. The van der Waals surface area contributed by atoms with E-state index in [-0.39, 0.29) is 24.3 Å². The molecule has 0 aliphatic carbocycles. The molecule has 0 aliphatic rings. The van der Waals surface area contributed by atoms with Gasteiger partial charge in [0.25, 0.3) is 5.91 Å². The predicted molar refractivity (Wildman–Crippen MR) is 106 cm³/mol. The summed E-state index contributed by atoms with van der Waals surface area (Å²) in [6.45, 7) is 1.88. The highest BCUT2D eigenvalue weighted by Gasteiger charge is 2.15. The van der Waals surface area contributed by atoms with E-state index < -0.39 is 0 Å². The Kier molecular flexibility index (Phi) is 6.03. The third kappa shape index (κ3) is 4.69. The van der Waals surface area contributed by atoms with E-state index in [4.69, 9.17) is 11.6 Å². The second-order valence-electron chi connectivity index (χ2n) is 5.56. The molecule has 2 heterocycles. The first kappa shape index (κ1) is 18.6. The largest absolute Gasteiger partial charge is 0.349 e. The molecular weight excluding hydrogens is 390 g/mol. The molecule has 2 N–H and O–H groups in total. The fourth-order valence-corrected chi connectivity index (χ4v) is 4.00. The van der Waals surface area contributed by atoms with Crippen LogP contribution >= 0.6 is 34.3 Å². The van der Waals surface area contributed by atoms with Crippen LogP contribution in [0.1, 0.15) is 33.9 Å². The molecule has 8 heteroatoms. The van der Waals surface area contributed by atoms with E-state index >= 15 is 0 Å². The lowest BCUT2D eigenvalue weighted by Gasteiger charge is -2.15. The van der Waals surface area contributed by atoms with Crippen LogP contribution in [-0.2, 0) is 11.2 Å². The molecule has 0 bridgehead atoms. The summed E-state index contributed by atoms with van der Waals surface area (Å²) in [5.74, 6) is -0.350. The van der Waals surface area contributed by atoms with Crippen LogP contribution in [0.15, 0.2) is 47.2 Å². The van der Waals surface area contributed by atoms with Crippen LogP contribution in [-0.4, -0.2) is 16.8 Å². The van der Waals surface area contributed by atoms with Crippen LogP contribution in [0.25, 0.3) is 0 Å². The fourth-order valence-electron chi connectivity index (χ4n) is 2.37. The first-order chi connectivity index (χ1) is 12.5. The highest BCUT2D eigenvalue weighted by atomic mass is 35.5. The smallest absolute Gasteiger partial charge is 0.267 e. The molecule has 26 heavy (non-hydrogen) atoms. The van der Waals surface area contributed by atoms with Crippen molar-refractivity contribution in [1.82, 2.24) is 10.3 Å². The predicted octanol–water partition coefficient (Wildman–Crippen LogP) is 4.53. The molecule has 3 rings (SSSR count). The number of hydrogen-bond acceptors (Lipinski definition) is 5. The van der Waals surface area contributed by atoms with Gasteiger partial charge < -0.3 is 5.32 Å². The van der Waals surface area contributed by atoms with Gasteiger partial charge in [-0.1, -0.05) is 35.9 Å². The molecule has 0 radical (unpaired) electrons. The van der Waals surface area contributed by atoms with E-state index in [0.717, 1.165) is 5.56 Å². The molecule has 0 saturated carbocycles. The molecule has 0 aliphatic heterocycles. The zero-order chi connectivity index (χ0) is 18.5. The Bertz CT molecular complexity index is 909. The minimum atomic E-state index is -0.201. The van der Waals surface area contributed by atoms with Gasteiger partial charge in [0.05, 0.1) is 23.0 Å². The topological polar surface area (TPSA) is 71.1 Å². The Morgan fingerprint density at radius 2 is 2.00 bits per heavy atom. The minimum Gasteiger partial charge on any atom is -0.349 e. The van der Waals surface area contributed by atoms with Crippen LogP contribution in [0.3, 0.4) is 0 Å². The van der Waals surface area contributed by atoms with Crippen LogP contribution < -0.4 is 10.6 Å². The lowest BCUT2D eigenvalue weighted by molar-refractivity contribution is -0.121. The fraction of sp³-hybridized carbons (Fsp3) is 0.167. The van der Waals surface area contributed by atoms with Crippen LogP contribution in [0.4, 0.5) is 5.13 Å². The standard InChI is InChI=1S/C18H16ClN3O2S2/c1-11(13-5-2-3-6-14(13)19)20-16(23)9-12-10-26-18(21-12)22-17(24)15-7-4-8-25-15/h2-8,10-11H,9H2,1H3,(H,20,23)(H,21,22,24)/t11-/m1/s1. The molecular formula is C18H16ClN3O2S2. The molecule has 3 aromatic rings. The highest BCUT2D eigenvalue weighted by molar-refractivity contribution is 7.14. The molecule has 0 saturated heterocycles. The number of nitrogens with zero attached hydrogens (tertiary/aromatic N) is 1. The lowest BCUT2D eigenvalue weighted by Crippen LogP contribution is -2.28. The van der Waals surface area contributed by atoms with Crippen molar-refractivity contribution in [1.29, 1.82) is 0 Å². The van der Waals surface area contributed by atoms with Gasteiger partial charge in [-0.2, -0.15) is 0 Å². The third-order valence-electron chi connectivity index (χ3n) is 3.61. The van der Waals surface area contributed by atoms with Crippen molar-refractivity contribution in [2.75, 3.05) is 5.32 Å². The maximum absolute atomic E-state index is 12.3. The van der Waals surface area contributed by atoms with E-state index in [0.29, 0.717) is 20.7 Å². The van der Waals surface area contributed by atoms with Gasteiger partial charge in [0, 0.05) is 10.4 Å². The molecule has 0 fully saturated rings. The SMILES string of the molecule is C[C@@H](NC(=O)Cc1csc(NC(=O)c2cccs2)n1)c1ccccc1Cl. The number of thiophene rings is 1. The van der Waals surface area contributed by atoms with Gasteiger partial charge in [-0.15, -0.1) is 22.7 Å². The van der Waals surface area contributed by atoms with Crippen LogP contribution in [0.5, 0.6) is 0 Å². The van der Waals surface area contributed by atoms with Gasteiger partial charge in [-0.3, -0.25) is 14.9 Å². The van der Waals surface area contributed by atoms with Gasteiger partial charge in [0.15, 0.2) is 5.13 Å². The third-order valence-corrected chi connectivity index (χ3v) is 5.63. The lowest BCUT2D eigenvalue weighted by atomic mass is 10.1. The van der Waals surface area contributed by atoms with Crippen LogP contribution in [0, 0.1) is 0 Å². The van der Waals surface area contributed by atoms with Gasteiger partial charge in [0.1, 0.15) is 0 Å². The molecule has 0 unspecified atom stereocenters. The number of carbonyl (C=O) groups excluding carboxylic acids is 2. The zero-order valence-corrected chi connectivity index (χ0v) is 16.3. The summed E-state index contributed by atoms with van der Waals surface area (Å²) in [5.41, 5.74) is 1.48. The molecule has 1 aromatic carbocycles. The van der Waals surface area contributed by atoms with E-state index in [2.05, 4.69) is 15.6 Å². The van der Waals surface area contributed by atoms with Crippen molar-refractivity contribution in [2.45, 2.75) is 19.4 Å². The Hall–Kier alpha value is -2.22. The first-order valence-corrected chi connectivity index (χ1v) is 9.99. The molecule has 1 atom stereocenters. The Morgan fingerprint density at radius 1 is 1.19 bits per heavy atom. The average Bonchev–Trinajstić information content (AvgIpc) is 3.27. The summed E-state index contributed by atoms with van der Waals surface area (Å²) in [6.07, 6.45) is 0.139. The molecule has 2 aromatic heterocycles. The molecule has 0 spiro atoms. The van der Waals surface area contributed by atoms with Gasteiger partial charge in [-0.25, -0.2) is 4.98 Å². The Morgan fingerprint density at radius 3 is 2.73 bits per heavy atom. The first-order valence-electron chi connectivity index (χ1n) is 7.86. The summed E-state index contributed by atoms with van der Waals surface area (Å²) in [7, 11) is 0. The zero-order valence-electron chi connectivity index (χ0n) is 13.9. The minimum absolute atomic E-state index is 0.139. The van der Waals surface area contributed by atoms with Crippen molar-refractivity contribution < 1.29 is 9.59 Å². The normalized spacial score (nSPS) is 11.8. The second kappa shape index (κ2) is 8.44. The van der Waals surface area contributed by atoms with E-state index in [1.54, 1.807) is 17.5 Å². The van der Waals surface area contributed by atoms with Crippen molar-refractivity contribution in [3.05, 3.63) is 68.3 Å². The number of amides is 2. The Labute approximate surface area is 164 Å². The number of nitrogens with one attached hydrogen (secondary N) is 2. The van der Waals surface area contributed by atoms with Crippen molar-refractivity contribution >= 4 is 51.2 Å². The highest BCUT2D eigenvalue weighted by Crippen LogP contribution is 2.22. The van der Waals surface area contributed by atoms with Crippen molar-refractivity contribution in [3.8, 4) is 0 Å². The number of halogens is 1. The number of aromatic nitrogens is 1. The second-order valence-corrected chi connectivity index (χ2v) is 7.78. The summed E-state index contributed by atoms with van der Waals surface area (Å²) in [4.78, 5) is 29.2. The number of thiazole rings is 1. The molecule has 5 nitrogen and oxygen atoms in total. The summed E-state index contributed by atoms with van der Waals surface area (Å²) in [6, 6.07) is 10.8. The number of anilines is 1. The van der Waals surface area contributed by atoms with Crippen LogP contribution in [0.2, 0.25) is 5.02 Å². The Balaban J connectivity index is 1.56. The maximum Gasteiger partial charge on any atom is 0.267 e. The quantitative estimate of drug-likeness (QED) is 0.632. The maximum atomic E-state index is 12.3.